The molecule has 0 aliphatic heterocycles. The van der Waals surface area contributed by atoms with Gasteiger partial charge in [-0.05, 0) is 30.3 Å². The fourth-order valence-electron chi connectivity index (χ4n) is 1.59. The van der Waals surface area contributed by atoms with E-state index in [0.717, 1.165) is 0 Å². The Hall–Kier alpha value is -2.75. The van der Waals surface area contributed by atoms with Gasteiger partial charge in [0.15, 0.2) is 11.6 Å². The van der Waals surface area contributed by atoms with Crippen molar-refractivity contribution in [1.82, 2.24) is 0 Å². The summed E-state index contributed by atoms with van der Waals surface area (Å²) in [6, 6.07) is 13.5. The van der Waals surface area contributed by atoms with E-state index in [-0.39, 0.29) is 5.71 Å². The van der Waals surface area contributed by atoms with Crippen molar-refractivity contribution in [2.24, 2.45) is 10.8 Å². The summed E-state index contributed by atoms with van der Waals surface area (Å²) < 4.78 is 5.73. The van der Waals surface area contributed by atoms with Gasteiger partial charge in [-0.1, -0.05) is 35.3 Å². The third-order valence-electron chi connectivity index (χ3n) is 2.65. The molecule has 2 aromatic rings. The molecule has 0 spiro atoms. The van der Waals surface area contributed by atoms with Gasteiger partial charge in [-0.25, -0.2) is 0 Å². The molecule has 0 heterocycles. The van der Waals surface area contributed by atoms with Gasteiger partial charge < -0.3 is 10.5 Å². The van der Waals surface area contributed by atoms with Gasteiger partial charge in [0.2, 0.25) is 5.71 Å². The van der Waals surface area contributed by atoms with E-state index in [1.807, 2.05) is 0 Å². The van der Waals surface area contributed by atoms with Gasteiger partial charge in [0.25, 0.3) is 0 Å². The molecule has 8 heteroatoms. The van der Waals surface area contributed by atoms with Crippen molar-refractivity contribution in [3.05, 3.63) is 52.5 Å². The SMILES string of the molecule is N#C/C(=N\Nc1ccccc1Oc1ccc(Cl)cc1Cl)C(=N)N. The summed E-state index contributed by atoms with van der Waals surface area (Å²) in [6.07, 6.45) is 0. The Bertz CT molecular complexity index is 814. The van der Waals surface area contributed by atoms with E-state index in [4.69, 9.17) is 44.3 Å². The number of benzene rings is 2. The van der Waals surface area contributed by atoms with E-state index in [9.17, 15) is 0 Å². The summed E-state index contributed by atoms with van der Waals surface area (Å²) >= 11 is 11.9. The average molecular weight is 348 g/mol. The molecule has 0 bridgehead atoms. The molecule has 0 saturated carbocycles. The van der Waals surface area contributed by atoms with Crippen LogP contribution in [0.3, 0.4) is 0 Å². The summed E-state index contributed by atoms with van der Waals surface area (Å²) in [6.45, 7) is 0. The topological polar surface area (TPSA) is 107 Å². The molecule has 0 aliphatic rings. The third-order valence-corrected chi connectivity index (χ3v) is 3.18. The van der Waals surface area contributed by atoms with Crippen molar-refractivity contribution in [3.8, 4) is 17.6 Å². The first-order valence-corrected chi connectivity index (χ1v) is 7.07. The summed E-state index contributed by atoms with van der Waals surface area (Å²) in [5.74, 6) is 0.418. The molecule has 23 heavy (non-hydrogen) atoms. The Kier molecular flexibility index (Phi) is 5.41. The molecule has 0 atom stereocenters. The number of hydrazone groups is 1. The van der Waals surface area contributed by atoms with Crippen LogP contribution in [0.4, 0.5) is 5.69 Å². The van der Waals surface area contributed by atoms with Crippen molar-refractivity contribution in [1.29, 1.82) is 10.7 Å². The van der Waals surface area contributed by atoms with Crippen LogP contribution in [0, 0.1) is 16.7 Å². The number of nitrogens with one attached hydrogen (secondary N) is 2. The van der Waals surface area contributed by atoms with E-state index in [2.05, 4.69) is 10.5 Å². The third kappa shape index (κ3) is 4.36. The number of hydrogen-bond donors (Lipinski definition) is 3. The molecule has 0 amide bonds. The second-order valence-corrected chi connectivity index (χ2v) is 5.11. The van der Waals surface area contributed by atoms with Crippen LogP contribution in [-0.4, -0.2) is 11.5 Å². The molecule has 0 unspecified atom stereocenters. The number of amidine groups is 1. The van der Waals surface area contributed by atoms with Crippen molar-refractivity contribution in [3.63, 3.8) is 0 Å². The smallest absolute Gasteiger partial charge is 0.201 e. The predicted molar refractivity (Wildman–Crippen MR) is 91.6 cm³/mol. The molecular formula is C15H11Cl2N5O. The van der Waals surface area contributed by atoms with E-state index in [1.54, 1.807) is 48.5 Å². The van der Waals surface area contributed by atoms with Crippen LogP contribution in [0.15, 0.2) is 47.6 Å². The van der Waals surface area contributed by atoms with Crippen LogP contribution in [0.5, 0.6) is 11.5 Å². The second kappa shape index (κ2) is 7.49. The number of nitriles is 1. The van der Waals surface area contributed by atoms with Crippen molar-refractivity contribution < 1.29 is 4.74 Å². The number of halogens is 2. The van der Waals surface area contributed by atoms with Gasteiger partial charge in [0, 0.05) is 5.02 Å². The lowest BCUT2D eigenvalue weighted by Gasteiger charge is -2.12. The van der Waals surface area contributed by atoms with Gasteiger partial charge in [-0.2, -0.15) is 10.4 Å². The summed E-state index contributed by atoms with van der Waals surface area (Å²) in [7, 11) is 0. The minimum Gasteiger partial charge on any atom is -0.454 e. The number of nitrogens with zero attached hydrogens (tertiary/aromatic N) is 2. The highest BCUT2D eigenvalue weighted by molar-refractivity contribution is 6.45. The lowest BCUT2D eigenvalue weighted by Crippen LogP contribution is -2.21. The number of rotatable bonds is 5. The van der Waals surface area contributed by atoms with Crippen LogP contribution in [-0.2, 0) is 0 Å². The van der Waals surface area contributed by atoms with Crippen LogP contribution in [0.25, 0.3) is 0 Å². The highest BCUT2D eigenvalue weighted by atomic mass is 35.5. The molecule has 6 nitrogen and oxygen atoms in total. The lowest BCUT2D eigenvalue weighted by molar-refractivity contribution is 0.485. The lowest BCUT2D eigenvalue weighted by atomic mass is 10.3. The molecule has 2 aromatic carbocycles. The maximum Gasteiger partial charge on any atom is 0.201 e. The van der Waals surface area contributed by atoms with Crippen LogP contribution < -0.4 is 15.9 Å². The molecule has 0 saturated heterocycles. The minimum atomic E-state index is -0.431. The van der Waals surface area contributed by atoms with Gasteiger partial charge in [0.05, 0.1) is 10.7 Å². The Morgan fingerprint density at radius 1 is 1.22 bits per heavy atom. The first-order chi connectivity index (χ1) is 11.0. The second-order valence-electron chi connectivity index (χ2n) is 4.27. The van der Waals surface area contributed by atoms with Crippen molar-refractivity contribution >= 4 is 40.4 Å². The molecular weight excluding hydrogens is 337 g/mol. The van der Waals surface area contributed by atoms with Crippen LogP contribution >= 0.6 is 23.2 Å². The largest absolute Gasteiger partial charge is 0.454 e. The standard InChI is InChI=1S/C15H11Cl2N5O/c16-9-5-6-13(10(17)7-9)23-14-4-2-1-3-11(14)21-22-12(8-18)15(19)20/h1-7,21H,(H3,19,20)/b22-12+. The number of para-hydroxylation sites is 2. The maximum atomic E-state index is 8.84. The van der Waals surface area contributed by atoms with E-state index in [0.29, 0.717) is 27.2 Å². The van der Waals surface area contributed by atoms with Crippen LogP contribution in [0.2, 0.25) is 10.0 Å². The fourth-order valence-corrected chi connectivity index (χ4v) is 2.03. The minimum absolute atomic E-state index is 0.232. The zero-order chi connectivity index (χ0) is 16.8. The Labute approximate surface area is 142 Å². The zero-order valence-corrected chi connectivity index (χ0v) is 13.2. The summed E-state index contributed by atoms with van der Waals surface area (Å²) in [4.78, 5) is 0. The molecule has 0 aliphatic carbocycles. The van der Waals surface area contributed by atoms with Gasteiger partial charge in [-0.3, -0.25) is 10.8 Å². The monoisotopic (exact) mass is 347 g/mol. The number of anilines is 1. The Morgan fingerprint density at radius 3 is 2.61 bits per heavy atom. The van der Waals surface area contributed by atoms with Gasteiger partial charge in [-0.15, -0.1) is 0 Å². The Balaban J connectivity index is 2.27. The highest BCUT2D eigenvalue weighted by Gasteiger charge is 2.08. The van der Waals surface area contributed by atoms with Gasteiger partial charge in [0.1, 0.15) is 11.8 Å². The van der Waals surface area contributed by atoms with Crippen molar-refractivity contribution in [2.75, 3.05) is 5.43 Å². The van der Waals surface area contributed by atoms with E-state index in [1.165, 1.54) is 0 Å². The molecule has 0 radical (unpaired) electrons. The molecule has 4 N–H and O–H groups in total. The molecule has 116 valence electrons. The quantitative estimate of drug-likeness (QED) is 0.431. The first-order valence-electron chi connectivity index (χ1n) is 6.31. The van der Waals surface area contributed by atoms with E-state index >= 15 is 0 Å². The average Bonchev–Trinajstić information content (AvgIpc) is 2.51. The summed E-state index contributed by atoms with van der Waals surface area (Å²) in [5.41, 5.74) is 8.13. The van der Waals surface area contributed by atoms with Crippen molar-refractivity contribution in [2.45, 2.75) is 0 Å². The fraction of sp³-hybridized carbons (Fsp3) is 0. The first kappa shape index (κ1) is 16.6. The van der Waals surface area contributed by atoms with E-state index < -0.39 is 5.84 Å². The summed E-state index contributed by atoms with van der Waals surface area (Å²) in [5, 5.41) is 20.7. The molecule has 2 rings (SSSR count). The molecule has 0 aromatic heterocycles. The normalized spacial score (nSPS) is 10.7. The maximum absolute atomic E-state index is 8.84. The number of hydrogen-bond acceptors (Lipinski definition) is 5. The molecule has 0 fully saturated rings. The van der Waals surface area contributed by atoms with Crippen LogP contribution in [0.1, 0.15) is 0 Å². The number of ether oxygens (including phenoxy) is 1. The zero-order valence-electron chi connectivity index (χ0n) is 11.7. The predicted octanol–water partition coefficient (Wildman–Crippen LogP) is 4.01. The van der Waals surface area contributed by atoms with Gasteiger partial charge >= 0.3 is 0 Å². The number of nitrogens with two attached hydrogens (primary N) is 1. The Morgan fingerprint density at radius 2 is 1.96 bits per heavy atom. The highest BCUT2D eigenvalue weighted by Crippen LogP contribution is 2.34.